The van der Waals surface area contributed by atoms with Gasteiger partial charge in [0.25, 0.3) is 0 Å². The van der Waals surface area contributed by atoms with Crippen molar-refractivity contribution in [1.29, 1.82) is 0 Å². The van der Waals surface area contributed by atoms with Gasteiger partial charge in [-0.2, -0.15) is 0 Å². The standard InChI is InChI=1S/C3H2N2.La.Ra.H/c1-2-5-3-4-1;;;/h1-2H;;;/q-1;+1;;. The molecule has 0 aliphatic heterocycles. The fourth-order valence-corrected chi connectivity index (χ4v) is 2.06. The van der Waals surface area contributed by atoms with Crippen LogP contribution in [-0.4, -0.2) is 6.32 Å². The molecule has 1 aromatic rings. The summed E-state index contributed by atoms with van der Waals surface area (Å²) in [5.41, 5.74) is 0. The number of imidazole rings is 1. The molecule has 0 atom stereocenters. The average molecular weight is 432 g/mol. The molecule has 1 rings (SSSR count). The van der Waals surface area contributed by atoms with E-state index in [9.17, 15) is 0 Å². The van der Waals surface area contributed by atoms with Gasteiger partial charge in [0.2, 0.25) is 0 Å². The van der Waals surface area contributed by atoms with E-state index in [1.165, 1.54) is 0.865 Å². The van der Waals surface area contributed by atoms with Crippen molar-refractivity contribution in [3.8, 4) is 0 Å². The number of hydrogen-bond donors (Lipinski definition) is 0. The van der Waals surface area contributed by atoms with Gasteiger partial charge in [-0.1, -0.05) is 0 Å². The minimum atomic E-state index is 0.490. The van der Waals surface area contributed by atoms with Crippen molar-refractivity contribution in [2.75, 3.05) is 0 Å². The number of nitrogens with zero attached hydrogens (tertiary/aromatic N) is 2. The van der Waals surface area contributed by atoms with Crippen molar-refractivity contribution in [2.24, 2.45) is 0 Å². The van der Waals surface area contributed by atoms with Gasteiger partial charge in [-0.25, -0.2) is 0 Å². The predicted molar refractivity (Wildman–Crippen MR) is 18.7 cm³/mol. The Morgan fingerprint density at radius 3 is 2.71 bits per heavy atom. The van der Waals surface area contributed by atoms with Gasteiger partial charge in [0, 0.05) is 0 Å². The van der Waals surface area contributed by atoms with Crippen LogP contribution in [0.3, 0.4) is 0 Å². The van der Waals surface area contributed by atoms with Gasteiger partial charge < -0.3 is 0 Å². The molecule has 4 heteroatoms. The molecule has 0 spiro atoms. The maximum absolute atomic E-state index is 4.12. The molecule has 0 aliphatic rings. The van der Waals surface area contributed by atoms with E-state index in [-0.39, 0.29) is 0 Å². The normalized spacial score (nSPS) is 8.86. The molecular weight excluding hydrogens is 429 g/mol. The summed E-state index contributed by atoms with van der Waals surface area (Å²) in [7, 11) is 0. The predicted octanol–water partition coefficient (Wildman–Crippen LogP) is -0.898. The van der Waals surface area contributed by atoms with Gasteiger partial charge in [0.15, 0.2) is 0 Å². The summed E-state index contributed by atoms with van der Waals surface area (Å²) >= 11 is 1.42. The van der Waals surface area contributed by atoms with E-state index in [1.807, 2.05) is 6.20 Å². The van der Waals surface area contributed by atoms with E-state index in [4.69, 9.17) is 0 Å². The van der Waals surface area contributed by atoms with Crippen LogP contribution in [0.5, 0.6) is 0 Å². The average Bonchev–Trinajstić information content (AvgIpc) is 1.91. The van der Waals surface area contributed by atoms with Crippen LogP contribution in [0.4, 0.5) is 0 Å². The molecule has 0 unspecified atom stereocenters. The molecule has 30 valence electrons. The monoisotopic (exact) mass is 432 g/mol. The van der Waals surface area contributed by atoms with Crippen molar-refractivity contribution >= 4 is 0.865 Å². The van der Waals surface area contributed by atoms with Crippen molar-refractivity contribution < 1.29 is 76.9 Å². The van der Waals surface area contributed by atoms with Crippen LogP contribution in [0.15, 0.2) is 12.4 Å². The van der Waals surface area contributed by atoms with Crippen molar-refractivity contribution in [3.63, 3.8) is 0 Å². The third-order valence-electron chi connectivity index (χ3n) is 0.862. The van der Waals surface area contributed by atoms with Crippen LogP contribution in [-0.2, 0) is 0 Å². The molecular formula is C3H3LaN2Ra. The molecule has 0 saturated carbocycles. The SMILES string of the molecule is [La][n]1ccn[c]1[RaH]. The Balaban J connectivity index is 3.12. The van der Waals surface area contributed by atoms with Crippen molar-refractivity contribution in [3.05, 3.63) is 12.4 Å². The Hall–Kier alpha value is 1.87. The quantitative estimate of drug-likeness (QED) is 0.521. The van der Waals surface area contributed by atoms with E-state index < -0.39 is 0 Å². The Labute approximate surface area is 94.1 Å². The molecule has 1 heterocycles. The Kier molecular flexibility index (Phi) is 3.14. The molecule has 1 aromatic heterocycles. The minimum absolute atomic E-state index is 0.490. The van der Waals surface area contributed by atoms with Gasteiger partial charge in [-0.05, 0) is 0 Å². The van der Waals surface area contributed by atoms with E-state index >= 15 is 0 Å². The van der Waals surface area contributed by atoms with Gasteiger partial charge in [0.05, 0.1) is 0 Å². The van der Waals surface area contributed by atoms with E-state index in [0.29, 0.717) is 42.8 Å². The molecule has 0 saturated heterocycles. The van der Waals surface area contributed by atoms with Gasteiger partial charge in [-0.3, -0.25) is 0 Å². The fraction of sp³-hybridized carbons (Fsp3) is 0. The zero-order valence-electron chi connectivity index (χ0n) is 4.13. The number of hydrogen-bond acceptors (Lipinski definition) is 1. The first-order valence-corrected chi connectivity index (χ1v) is 7.79. The molecule has 0 N–H and O–H groups in total. The summed E-state index contributed by atoms with van der Waals surface area (Å²) < 4.78 is 3.60. The second kappa shape index (κ2) is 3.15. The molecule has 0 radical (unpaired) electrons. The first-order chi connectivity index (χ1) is 3.30. The van der Waals surface area contributed by atoms with Crippen molar-refractivity contribution in [1.82, 2.24) is 6.32 Å². The summed E-state index contributed by atoms with van der Waals surface area (Å²) in [4.78, 5) is 4.12. The second-order valence-corrected chi connectivity index (χ2v) is 6.80. The third-order valence-corrected chi connectivity index (χ3v) is 12.4. The molecule has 0 aromatic carbocycles. The van der Waals surface area contributed by atoms with Crippen LogP contribution in [0, 0.1) is 76.9 Å². The van der Waals surface area contributed by atoms with E-state index in [2.05, 4.69) is 12.5 Å². The zero-order chi connectivity index (χ0) is 5.28. The maximum atomic E-state index is 4.12. The topological polar surface area (TPSA) is 17.8 Å². The van der Waals surface area contributed by atoms with E-state index in [1.54, 1.807) is 0 Å². The summed E-state index contributed by atoms with van der Waals surface area (Å²) in [6.45, 7) is 0. The molecule has 0 amide bonds. The molecule has 0 aliphatic carbocycles. The van der Waals surface area contributed by atoms with Crippen LogP contribution in [0.1, 0.15) is 0 Å². The first-order valence-electron chi connectivity index (χ1n) is 2.06. The Morgan fingerprint density at radius 2 is 2.57 bits per heavy atom. The zero-order valence-corrected chi connectivity index (χ0v) is 16.0. The first kappa shape index (κ1) is 6.99. The molecule has 7 heavy (non-hydrogen) atoms. The van der Waals surface area contributed by atoms with Crippen LogP contribution >= 0.6 is 0 Å². The van der Waals surface area contributed by atoms with Gasteiger partial charge in [-0.15, -0.1) is 0 Å². The third kappa shape index (κ3) is 1.93. The molecule has 2 nitrogen and oxygen atoms in total. The molecule has 0 bridgehead atoms. The summed E-state index contributed by atoms with van der Waals surface area (Å²) in [5, 5.41) is 0. The summed E-state index contributed by atoms with van der Waals surface area (Å²) in [6.07, 6.45) is 3.94. The van der Waals surface area contributed by atoms with Crippen LogP contribution < -0.4 is 0.865 Å². The summed E-state index contributed by atoms with van der Waals surface area (Å²) in [5.74, 6) is 0. The Morgan fingerprint density at radius 1 is 1.86 bits per heavy atom. The Bertz CT molecular complexity index is 145. The molecule has 0 fully saturated rings. The second-order valence-electron chi connectivity index (χ2n) is 1.38. The number of rotatable bonds is 0. The van der Waals surface area contributed by atoms with Crippen LogP contribution in [0.2, 0.25) is 0 Å². The van der Waals surface area contributed by atoms with Crippen LogP contribution in [0.25, 0.3) is 0 Å². The van der Waals surface area contributed by atoms with Crippen molar-refractivity contribution in [2.45, 2.75) is 0 Å². The van der Waals surface area contributed by atoms with Gasteiger partial charge >= 0.3 is 96.5 Å². The summed E-state index contributed by atoms with van der Waals surface area (Å²) in [6, 6.07) is 0. The fourth-order valence-electron chi connectivity index (χ4n) is 0.388. The van der Waals surface area contributed by atoms with E-state index in [0.717, 1.165) is 34.1 Å². The number of aromatic nitrogens is 2. The van der Waals surface area contributed by atoms with Gasteiger partial charge in [0.1, 0.15) is 0 Å².